The number of nitrogens with zero attached hydrogens (tertiary/aromatic N) is 3. The highest BCUT2D eigenvalue weighted by molar-refractivity contribution is 7.10. The molecule has 3 aromatic rings. The second-order valence-corrected chi connectivity index (χ2v) is 7.62. The molecule has 0 spiro atoms. The first-order chi connectivity index (χ1) is 12.1. The number of carbonyl (C=O) groups is 1. The number of fused-ring (bicyclic) bond motifs is 1. The molecule has 130 valence electrons. The van der Waals surface area contributed by atoms with Crippen LogP contribution in [0.2, 0.25) is 0 Å². The highest BCUT2D eigenvalue weighted by atomic mass is 32.1. The van der Waals surface area contributed by atoms with Crippen molar-refractivity contribution in [2.45, 2.75) is 32.2 Å². The van der Waals surface area contributed by atoms with Crippen LogP contribution in [0.3, 0.4) is 0 Å². The van der Waals surface area contributed by atoms with E-state index in [2.05, 4.69) is 15.4 Å². The third kappa shape index (κ3) is 2.73. The molecule has 3 heterocycles. The lowest BCUT2D eigenvalue weighted by atomic mass is 9.64. The Balaban J connectivity index is 1.69. The molecule has 1 aliphatic carbocycles. The fraction of sp³-hybridized carbons (Fsp3) is 0.389. The van der Waals surface area contributed by atoms with Gasteiger partial charge >= 0.3 is 0 Å². The van der Waals surface area contributed by atoms with Crippen LogP contribution < -0.4 is 5.32 Å². The van der Waals surface area contributed by atoms with Gasteiger partial charge < -0.3 is 10.4 Å². The molecule has 6 nitrogen and oxygen atoms in total. The van der Waals surface area contributed by atoms with Crippen molar-refractivity contribution in [1.82, 2.24) is 19.9 Å². The van der Waals surface area contributed by atoms with Gasteiger partial charge in [-0.05, 0) is 43.3 Å². The van der Waals surface area contributed by atoms with E-state index < -0.39 is 0 Å². The van der Waals surface area contributed by atoms with Crippen LogP contribution in [-0.4, -0.2) is 32.2 Å². The van der Waals surface area contributed by atoms with Crippen molar-refractivity contribution in [2.24, 2.45) is 5.41 Å². The third-order valence-electron chi connectivity index (χ3n) is 5.08. The van der Waals surface area contributed by atoms with E-state index in [1.165, 1.54) is 0 Å². The van der Waals surface area contributed by atoms with Gasteiger partial charge in [-0.15, -0.1) is 11.3 Å². The minimum atomic E-state index is -0.271. The number of amides is 1. The van der Waals surface area contributed by atoms with Crippen LogP contribution in [0.15, 0.2) is 35.7 Å². The van der Waals surface area contributed by atoms with Gasteiger partial charge in [0.05, 0.1) is 12.6 Å². The van der Waals surface area contributed by atoms with Gasteiger partial charge in [0, 0.05) is 10.3 Å². The largest absolute Gasteiger partial charge is 0.396 e. The Morgan fingerprint density at radius 2 is 2.24 bits per heavy atom. The van der Waals surface area contributed by atoms with Crippen LogP contribution in [0.25, 0.3) is 5.65 Å². The number of aliphatic hydroxyl groups is 1. The number of aliphatic hydroxyl groups excluding tert-OH is 1. The fourth-order valence-electron chi connectivity index (χ4n) is 3.54. The van der Waals surface area contributed by atoms with E-state index in [9.17, 15) is 9.90 Å². The number of aromatic nitrogens is 3. The monoisotopic (exact) mass is 356 g/mol. The first kappa shape index (κ1) is 16.2. The maximum absolute atomic E-state index is 13.0. The molecule has 1 saturated carbocycles. The number of hydrogen-bond donors (Lipinski definition) is 2. The number of thiophene rings is 1. The molecule has 0 radical (unpaired) electrons. The Hall–Kier alpha value is -2.25. The molecule has 1 atom stereocenters. The molecule has 0 saturated heterocycles. The number of carbonyl (C=O) groups excluding carboxylic acids is 1. The zero-order valence-corrected chi connectivity index (χ0v) is 14.8. The Kier molecular flexibility index (Phi) is 4.05. The summed E-state index contributed by atoms with van der Waals surface area (Å²) in [5.74, 6) is 0.425. The van der Waals surface area contributed by atoms with E-state index in [0.717, 1.165) is 24.1 Å². The molecular formula is C18H20N4O2S. The van der Waals surface area contributed by atoms with Crippen LogP contribution in [-0.2, 0) is 0 Å². The van der Waals surface area contributed by atoms with Crippen molar-refractivity contribution >= 4 is 22.9 Å². The van der Waals surface area contributed by atoms with E-state index in [1.807, 2.05) is 29.6 Å². The van der Waals surface area contributed by atoms with Crippen LogP contribution in [0.5, 0.6) is 0 Å². The number of rotatable bonds is 5. The molecule has 25 heavy (non-hydrogen) atoms. The second-order valence-electron chi connectivity index (χ2n) is 6.64. The highest BCUT2D eigenvalue weighted by Gasteiger charge is 2.45. The molecule has 0 bridgehead atoms. The average Bonchev–Trinajstić information content (AvgIpc) is 3.21. The van der Waals surface area contributed by atoms with Crippen LogP contribution in [0.1, 0.15) is 46.5 Å². The number of nitrogens with one attached hydrogen (secondary N) is 1. The van der Waals surface area contributed by atoms with Crippen molar-refractivity contribution < 1.29 is 9.90 Å². The van der Waals surface area contributed by atoms with Crippen LogP contribution in [0.4, 0.5) is 0 Å². The summed E-state index contributed by atoms with van der Waals surface area (Å²) in [6.07, 6.45) is 2.91. The topological polar surface area (TPSA) is 79.5 Å². The molecule has 1 unspecified atom stereocenters. The quantitative estimate of drug-likeness (QED) is 0.737. The van der Waals surface area contributed by atoms with E-state index in [4.69, 9.17) is 0 Å². The van der Waals surface area contributed by atoms with Gasteiger partial charge in [-0.2, -0.15) is 5.10 Å². The van der Waals surface area contributed by atoms with E-state index in [1.54, 1.807) is 28.8 Å². The predicted octanol–water partition coefficient (Wildman–Crippen LogP) is 2.73. The summed E-state index contributed by atoms with van der Waals surface area (Å²) in [5.41, 5.74) is 0.831. The molecule has 3 aromatic heterocycles. The van der Waals surface area contributed by atoms with Gasteiger partial charge in [0.2, 0.25) is 0 Å². The first-order valence-corrected chi connectivity index (χ1v) is 9.28. The Morgan fingerprint density at radius 1 is 1.40 bits per heavy atom. The minimum absolute atomic E-state index is 0.0719. The minimum Gasteiger partial charge on any atom is -0.396 e. The number of pyridine rings is 1. The number of aryl methyl sites for hydroxylation is 1. The SMILES string of the molecule is Cc1nc2cccc(C(=O)NC(c3cccs3)C3(CO)CCC3)n2n1. The van der Waals surface area contributed by atoms with Gasteiger partial charge in [0.1, 0.15) is 11.5 Å². The van der Waals surface area contributed by atoms with Gasteiger partial charge in [-0.1, -0.05) is 18.6 Å². The predicted molar refractivity (Wildman–Crippen MR) is 95.6 cm³/mol. The van der Waals surface area contributed by atoms with Gasteiger partial charge in [0.15, 0.2) is 5.65 Å². The highest BCUT2D eigenvalue weighted by Crippen LogP contribution is 2.50. The normalized spacial score (nSPS) is 17.2. The summed E-state index contributed by atoms with van der Waals surface area (Å²) >= 11 is 1.61. The van der Waals surface area contributed by atoms with E-state index in [0.29, 0.717) is 17.2 Å². The summed E-state index contributed by atoms with van der Waals surface area (Å²) in [6.45, 7) is 1.88. The maximum Gasteiger partial charge on any atom is 0.270 e. The smallest absolute Gasteiger partial charge is 0.270 e. The van der Waals surface area contributed by atoms with Crippen molar-refractivity contribution in [1.29, 1.82) is 0 Å². The lowest BCUT2D eigenvalue weighted by Gasteiger charge is -2.46. The number of hydrogen-bond acceptors (Lipinski definition) is 5. The maximum atomic E-state index is 13.0. The molecule has 0 aromatic carbocycles. The standard InChI is InChI=1S/C18H20N4O2S/c1-12-19-15-7-2-5-13(22(15)21-12)17(24)20-16(14-6-3-10-25-14)18(11-23)8-4-9-18/h2-3,5-7,10,16,23H,4,8-9,11H2,1H3,(H,20,24). The molecule has 1 amide bonds. The average molecular weight is 356 g/mol. The van der Waals surface area contributed by atoms with Gasteiger partial charge in [0.25, 0.3) is 5.91 Å². The lowest BCUT2D eigenvalue weighted by molar-refractivity contribution is 0.00699. The van der Waals surface area contributed by atoms with Crippen molar-refractivity contribution in [3.05, 3.63) is 52.1 Å². The summed E-state index contributed by atoms with van der Waals surface area (Å²) in [7, 11) is 0. The lowest BCUT2D eigenvalue weighted by Crippen LogP contribution is -2.47. The van der Waals surface area contributed by atoms with Crippen molar-refractivity contribution in [3.63, 3.8) is 0 Å². The summed E-state index contributed by atoms with van der Waals surface area (Å²) in [6, 6.07) is 9.18. The van der Waals surface area contributed by atoms with Gasteiger partial charge in [-0.25, -0.2) is 9.50 Å². The van der Waals surface area contributed by atoms with Crippen LogP contribution >= 0.6 is 11.3 Å². The Labute approximate surface area is 149 Å². The summed E-state index contributed by atoms with van der Waals surface area (Å²) < 4.78 is 1.57. The first-order valence-electron chi connectivity index (χ1n) is 8.40. The second kappa shape index (κ2) is 6.24. The molecule has 4 rings (SSSR count). The Morgan fingerprint density at radius 3 is 2.88 bits per heavy atom. The summed E-state index contributed by atoms with van der Waals surface area (Å²) in [4.78, 5) is 18.4. The molecule has 2 N–H and O–H groups in total. The Bertz CT molecular complexity index is 894. The zero-order valence-electron chi connectivity index (χ0n) is 14.0. The van der Waals surface area contributed by atoms with E-state index in [-0.39, 0.29) is 24.0 Å². The molecule has 0 aliphatic heterocycles. The summed E-state index contributed by atoms with van der Waals surface area (Å²) in [5, 5.41) is 19.5. The molecule has 7 heteroatoms. The fourth-order valence-corrected chi connectivity index (χ4v) is 4.46. The van der Waals surface area contributed by atoms with Crippen molar-refractivity contribution in [2.75, 3.05) is 6.61 Å². The molecule has 1 fully saturated rings. The van der Waals surface area contributed by atoms with Crippen LogP contribution in [0, 0.1) is 12.3 Å². The van der Waals surface area contributed by atoms with Gasteiger partial charge in [-0.3, -0.25) is 4.79 Å². The third-order valence-corrected chi connectivity index (χ3v) is 6.02. The molecule has 1 aliphatic rings. The zero-order chi connectivity index (χ0) is 17.4. The van der Waals surface area contributed by atoms with E-state index >= 15 is 0 Å². The molecular weight excluding hydrogens is 336 g/mol. The van der Waals surface area contributed by atoms with Crippen molar-refractivity contribution in [3.8, 4) is 0 Å².